The van der Waals surface area contributed by atoms with Gasteiger partial charge >= 0.3 is 5.97 Å². The number of hydrogen-bond acceptors (Lipinski definition) is 9. The molecular formula is C19H35N7O8. The number of carboxylic acid groups (broad SMARTS) is 1. The van der Waals surface area contributed by atoms with Crippen LogP contribution in [-0.2, 0) is 28.8 Å². The van der Waals surface area contributed by atoms with E-state index in [0.717, 1.165) is 0 Å². The fourth-order valence-corrected chi connectivity index (χ4v) is 2.75. The fourth-order valence-electron chi connectivity index (χ4n) is 2.75. The molecule has 0 radical (unpaired) electrons. The molecule has 0 aliphatic rings. The molecule has 5 unspecified atom stereocenters. The van der Waals surface area contributed by atoms with E-state index in [1.54, 1.807) is 0 Å². The van der Waals surface area contributed by atoms with Gasteiger partial charge in [0.15, 0.2) is 0 Å². The van der Waals surface area contributed by atoms with Crippen LogP contribution in [0.5, 0.6) is 0 Å². The standard InChI is InChI=1S/C19H35N7O8/c1-9(27)15(23)18(32)24-10(4-2-3-7-20)16(30)26-12(8-14(22)29)17(31)25-11(19(33)34)5-6-13(21)28/h9-12,15,27H,2-8,20,23H2,1H3,(H2,21,28)(H2,22,29)(H,24,32)(H,25,31)(H,26,30)(H,33,34). The molecule has 5 atom stereocenters. The Balaban J connectivity index is 5.53. The summed E-state index contributed by atoms with van der Waals surface area (Å²) in [6, 6.07) is -5.61. The lowest BCUT2D eigenvalue weighted by Gasteiger charge is -2.25. The van der Waals surface area contributed by atoms with Crippen LogP contribution in [0.15, 0.2) is 0 Å². The fraction of sp³-hybridized carbons (Fsp3) is 0.684. The van der Waals surface area contributed by atoms with Gasteiger partial charge in [-0.1, -0.05) is 0 Å². The first kappa shape index (κ1) is 30.7. The number of primary amides is 2. The molecule has 34 heavy (non-hydrogen) atoms. The molecule has 0 aliphatic carbocycles. The Kier molecular flexibility index (Phi) is 14.0. The molecule has 5 amide bonds. The quantitative estimate of drug-likeness (QED) is 0.0882. The number of amides is 5. The van der Waals surface area contributed by atoms with Crippen LogP contribution in [0.2, 0.25) is 0 Å². The first-order valence-electron chi connectivity index (χ1n) is 10.6. The number of aliphatic hydroxyl groups excluding tert-OH is 1. The van der Waals surface area contributed by atoms with Crippen LogP contribution in [0.4, 0.5) is 0 Å². The van der Waals surface area contributed by atoms with E-state index in [-0.39, 0.29) is 19.3 Å². The zero-order chi connectivity index (χ0) is 26.4. The van der Waals surface area contributed by atoms with E-state index in [4.69, 9.17) is 22.9 Å². The molecule has 0 saturated carbocycles. The molecule has 0 aliphatic heterocycles. The third-order valence-electron chi connectivity index (χ3n) is 4.73. The van der Waals surface area contributed by atoms with E-state index in [2.05, 4.69) is 16.0 Å². The van der Waals surface area contributed by atoms with Crippen molar-refractivity contribution in [2.45, 2.75) is 75.7 Å². The van der Waals surface area contributed by atoms with Crippen molar-refractivity contribution in [3.05, 3.63) is 0 Å². The Labute approximate surface area is 196 Å². The second kappa shape index (κ2) is 15.5. The van der Waals surface area contributed by atoms with Crippen LogP contribution in [0.3, 0.4) is 0 Å². The van der Waals surface area contributed by atoms with Crippen LogP contribution in [0.25, 0.3) is 0 Å². The zero-order valence-electron chi connectivity index (χ0n) is 19.0. The Hall–Kier alpha value is -3.30. The minimum absolute atomic E-state index is 0.0998. The van der Waals surface area contributed by atoms with Gasteiger partial charge in [-0.25, -0.2) is 4.79 Å². The van der Waals surface area contributed by atoms with Crippen molar-refractivity contribution in [1.29, 1.82) is 0 Å². The lowest BCUT2D eigenvalue weighted by molar-refractivity contribution is -0.142. The van der Waals surface area contributed by atoms with Gasteiger partial charge in [0.2, 0.25) is 29.5 Å². The third-order valence-corrected chi connectivity index (χ3v) is 4.73. The Morgan fingerprint density at radius 1 is 0.794 bits per heavy atom. The van der Waals surface area contributed by atoms with Gasteiger partial charge in [0.1, 0.15) is 24.2 Å². The summed E-state index contributed by atoms with van der Waals surface area (Å²) in [5.74, 6) is -5.95. The van der Waals surface area contributed by atoms with Crippen LogP contribution in [0, 0.1) is 0 Å². The lowest BCUT2D eigenvalue weighted by Crippen LogP contribution is -2.58. The second-order valence-corrected chi connectivity index (χ2v) is 7.75. The third kappa shape index (κ3) is 12.1. The summed E-state index contributed by atoms with van der Waals surface area (Å²) in [5, 5.41) is 25.5. The normalized spacial score (nSPS) is 15.2. The molecular weight excluding hydrogens is 454 g/mol. The molecule has 0 aromatic heterocycles. The number of nitrogens with two attached hydrogens (primary N) is 4. The average Bonchev–Trinajstić information content (AvgIpc) is 2.73. The summed E-state index contributed by atoms with van der Waals surface area (Å²) in [4.78, 5) is 71.4. The highest BCUT2D eigenvalue weighted by atomic mass is 16.4. The number of carboxylic acids is 1. The van der Waals surface area contributed by atoms with Crippen molar-refractivity contribution in [2.75, 3.05) is 6.54 Å². The van der Waals surface area contributed by atoms with Crippen molar-refractivity contribution in [2.24, 2.45) is 22.9 Å². The van der Waals surface area contributed by atoms with E-state index in [9.17, 15) is 39.0 Å². The second-order valence-electron chi connectivity index (χ2n) is 7.75. The highest BCUT2D eigenvalue weighted by Crippen LogP contribution is 2.05. The topological polar surface area (TPSA) is 283 Å². The van der Waals surface area contributed by atoms with Gasteiger partial charge in [0, 0.05) is 6.42 Å². The molecule has 0 aromatic rings. The maximum Gasteiger partial charge on any atom is 0.326 e. The number of carbonyl (C=O) groups excluding carboxylic acids is 5. The Morgan fingerprint density at radius 3 is 1.79 bits per heavy atom. The SMILES string of the molecule is CC(O)C(N)C(=O)NC(CCCCN)C(=O)NC(CC(N)=O)C(=O)NC(CCC(N)=O)C(=O)O. The summed E-state index contributed by atoms with van der Waals surface area (Å²) >= 11 is 0. The Bertz CT molecular complexity index is 746. The number of nitrogens with one attached hydrogen (secondary N) is 3. The van der Waals surface area contributed by atoms with Gasteiger partial charge < -0.3 is 49.1 Å². The number of rotatable bonds is 17. The summed E-state index contributed by atoms with van der Waals surface area (Å²) in [6.45, 7) is 1.61. The van der Waals surface area contributed by atoms with Crippen LogP contribution in [-0.4, -0.2) is 82.5 Å². The lowest BCUT2D eigenvalue weighted by atomic mass is 10.1. The molecule has 0 saturated heterocycles. The largest absolute Gasteiger partial charge is 0.480 e. The predicted octanol–water partition coefficient (Wildman–Crippen LogP) is -4.50. The molecule has 13 N–H and O–H groups in total. The molecule has 0 spiro atoms. The Morgan fingerprint density at radius 2 is 1.32 bits per heavy atom. The molecule has 0 bridgehead atoms. The van der Waals surface area contributed by atoms with Crippen molar-refractivity contribution >= 4 is 35.5 Å². The van der Waals surface area contributed by atoms with Crippen molar-refractivity contribution < 1.29 is 39.0 Å². The zero-order valence-corrected chi connectivity index (χ0v) is 19.0. The van der Waals surface area contributed by atoms with Gasteiger partial charge in [-0.05, 0) is 39.2 Å². The minimum atomic E-state index is -1.57. The van der Waals surface area contributed by atoms with E-state index in [1.165, 1.54) is 6.92 Å². The van der Waals surface area contributed by atoms with Crippen molar-refractivity contribution in [3.8, 4) is 0 Å². The van der Waals surface area contributed by atoms with E-state index < -0.39 is 72.2 Å². The van der Waals surface area contributed by atoms with Crippen molar-refractivity contribution in [1.82, 2.24) is 16.0 Å². The van der Waals surface area contributed by atoms with Crippen LogP contribution in [0.1, 0.15) is 45.4 Å². The maximum atomic E-state index is 12.8. The molecule has 0 fully saturated rings. The van der Waals surface area contributed by atoms with Gasteiger partial charge in [-0.3, -0.25) is 24.0 Å². The first-order valence-corrected chi connectivity index (χ1v) is 10.6. The van der Waals surface area contributed by atoms with Crippen LogP contribution < -0.4 is 38.9 Å². The first-order chi connectivity index (χ1) is 15.8. The van der Waals surface area contributed by atoms with Gasteiger partial charge in [-0.2, -0.15) is 0 Å². The number of carbonyl (C=O) groups is 6. The summed E-state index contributed by atoms with van der Waals surface area (Å²) < 4.78 is 0. The molecule has 15 nitrogen and oxygen atoms in total. The highest BCUT2D eigenvalue weighted by molar-refractivity contribution is 5.96. The van der Waals surface area contributed by atoms with E-state index >= 15 is 0 Å². The predicted molar refractivity (Wildman–Crippen MR) is 118 cm³/mol. The maximum absolute atomic E-state index is 12.8. The van der Waals surface area contributed by atoms with E-state index in [1.807, 2.05) is 0 Å². The molecule has 0 aromatic carbocycles. The van der Waals surface area contributed by atoms with Gasteiger partial charge in [-0.15, -0.1) is 0 Å². The molecule has 194 valence electrons. The molecule has 0 rings (SSSR count). The van der Waals surface area contributed by atoms with Gasteiger partial charge in [0.05, 0.1) is 12.5 Å². The smallest absolute Gasteiger partial charge is 0.326 e. The number of unbranched alkanes of at least 4 members (excludes halogenated alkanes) is 1. The monoisotopic (exact) mass is 489 g/mol. The molecule has 0 heterocycles. The van der Waals surface area contributed by atoms with Gasteiger partial charge in [0.25, 0.3) is 0 Å². The minimum Gasteiger partial charge on any atom is -0.480 e. The summed E-state index contributed by atoms with van der Waals surface area (Å²) in [7, 11) is 0. The number of hydrogen-bond donors (Lipinski definition) is 9. The number of aliphatic hydroxyl groups is 1. The van der Waals surface area contributed by atoms with Crippen LogP contribution >= 0.6 is 0 Å². The number of aliphatic carboxylic acids is 1. The summed E-state index contributed by atoms with van der Waals surface area (Å²) in [6.07, 6.45) is -1.48. The van der Waals surface area contributed by atoms with E-state index in [0.29, 0.717) is 19.4 Å². The molecule has 15 heteroatoms. The summed E-state index contributed by atoms with van der Waals surface area (Å²) in [5.41, 5.74) is 21.2. The van der Waals surface area contributed by atoms with Crippen molar-refractivity contribution in [3.63, 3.8) is 0 Å². The highest BCUT2D eigenvalue weighted by Gasteiger charge is 2.31. The average molecular weight is 490 g/mol.